The molecular weight excluding hydrogens is 295 g/mol. The van der Waals surface area contributed by atoms with Gasteiger partial charge in [-0.3, -0.25) is 0 Å². The minimum atomic E-state index is -0.371. The largest absolute Gasteiger partial charge is 0.493 e. The highest BCUT2D eigenvalue weighted by Crippen LogP contribution is 2.35. The minimum Gasteiger partial charge on any atom is -0.493 e. The maximum absolute atomic E-state index is 12.8. The van der Waals surface area contributed by atoms with Gasteiger partial charge in [0.2, 0.25) is 0 Å². The summed E-state index contributed by atoms with van der Waals surface area (Å²) in [5, 5.41) is 10.0. The molecule has 2 aromatic rings. The molecule has 4 heteroatoms. The Morgan fingerprint density at radius 2 is 1.83 bits per heavy atom. The summed E-state index contributed by atoms with van der Waals surface area (Å²) in [5.41, 5.74) is 2.13. The molecule has 0 spiro atoms. The van der Waals surface area contributed by atoms with E-state index in [0.29, 0.717) is 19.0 Å². The number of ether oxygens (including phenoxy) is 2. The van der Waals surface area contributed by atoms with E-state index in [-0.39, 0.29) is 11.9 Å². The van der Waals surface area contributed by atoms with Gasteiger partial charge in [-0.05, 0) is 60.7 Å². The second-order valence-corrected chi connectivity index (χ2v) is 5.74. The van der Waals surface area contributed by atoms with Crippen molar-refractivity contribution in [1.82, 2.24) is 0 Å². The smallest absolute Gasteiger partial charge is 0.123 e. The predicted octanol–water partition coefficient (Wildman–Crippen LogP) is 4.04. The molecule has 0 aliphatic heterocycles. The topological polar surface area (TPSA) is 38.7 Å². The van der Waals surface area contributed by atoms with Gasteiger partial charge in [0, 0.05) is 6.42 Å². The van der Waals surface area contributed by atoms with E-state index < -0.39 is 0 Å². The van der Waals surface area contributed by atoms with E-state index in [4.69, 9.17) is 9.47 Å². The van der Waals surface area contributed by atoms with Crippen molar-refractivity contribution in [3.8, 4) is 11.5 Å². The van der Waals surface area contributed by atoms with Crippen molar-refractivity contribution < 1.29 is 19.0 Å². The van der Waals surface area contributed by atoms with Crippen LogP contribution in [-0.4, -0.2) is 18.3 Å². The summed E-state index contributed by atoms with van der Waals surface area (Å²) in [6, 6.07) is 11.9. The van der Waals surface area contributed by atoms with Crippen LogP contribution in [0.1, 0.15) is 36.5 Å². The van der Waals surface area contributed by atoms with Crippen LogP contribution in [0.5, 0.6) is 11.5 Å². The molecule has 0 radical (unpaired) electrons. The third kappa shape index (κ3) is 4.02. The molecule has 0 bridgehead atoms. The molecule has 0 saturated carbocycles. The lowest BCUT2D eigenvalue weighted by molar-refractivity contribution is 0.155. The first-order valence-electron chi connectivity index (χ1n) is 8.05. The first kappa shape index (κ1) is 15.8. The van der Waals surface area contributed by atoms with Gasteiger partial charge in [-0.15, -0.1) is 0 Å². The Hall–Kier alpha value is -2.07. The monoisotopic (exact) mass is 316 g/mol. The number of rotatable bonds is 6. The van der Waals surface area contributed by atoms with Crippen LogP contribution in [-0.2, 0) is 6.42 Å². The van der Waals surface area contributed by atoms with E-state index >= 15 is 0 Å². The molecular formula is C19H21FO3. The minimum absolute atomic E-state index is 0.267. The van der Waals surface area contributed by atoms with Crippen molar-refractivity contribution in [2.45, 2.75) is 31.8 Å². The maximum atomic E-state index is 12.8. The Bertz CT molecular complexity index is 640. The van der Waals surface area contributed by atoms with Crippen molar-refractivity contribution >= 4 is 0 Å². The average Bonchev–Trinajstić information content (AvgIpc) is 2.57. The summed E-state index contributed by atoms with van der Waals surface area (Å²) in [7, 11) is 0. The van der Waals surface area contributed by atoms with Gasteiger partial charge in [0.25, 0.3) is 0 Å². The number of fused-ring (bicyclic) bond motifs is 1. The first-order chi connectivity index (χ1) is 11.2. The van der Waals surface area contributed by atoms with Crippen LogP contribution in [0, 0.1) is 5.82 Å². The predicted molar refractivity (Wildman–Crippen MR) is 86.3 cm³/mol. The molecule has 3 nitrogen and oxygen atoms in total. The average molecular weight is 316 g/mol. The number of halogens is 1. The number of benzene rings is 2. The zero-order valence-electron chi connectivity index (χ0n) is 13.0. The van der Waals surface area contributed by atoms with Crippen molar-refractivity contribution in [1.29, 1.82) is 0 Å². The molecule has 23 heavy (non-hydrogen) atoms. The summed E-state index contributed by atoms with van der Waals surface area (Å²) in [4.78, 5) is 0. The standard InChI is InChI=1S/C19H21FO3/c20-14-8-10-15(11-9-14)22-12-3-13-23-19-7-2-4-16-17(19)5-1-6-18(16)21/h2,4,7-11,18,21H,1,3,5-6,12-13H2/t18-/m1/s1. The Morgan fingerprint density at radius 1 is 1.04 bits per heavy atom. The third-order valence-corrected chi connectivity index (χ3v) is 4.06. The molecule has 122 valence electrons. The lowest BCUT2D eigenvalue weighted by atomic mass is 9.89. The fourth-order valence-corrected chi connectivity index (χ4v) is 2.89. The molecule has 0 heterocycles. The molecule has 0 fully saturated rings. The molecule has 1 N–H and O–H groups in total. The summed E-state index contributed by atoms with van der Waals surface area (Å²) < 4.78 is 24.2. The van der Waals surface area contributed by atoms with Gasteiger partial charge in [0.1, 0.15) is 17.3 Å². The van der Waals surface area contributed by atoms with Gasteiger partial charge in [-0.25, -0.2) is 4.39 Å². The van der Waals surface area contributed by atoms with Gasteiger partial charge in [-0.2, -0.15) is 0 Å². The van der Waals surface area contributed by atoms with E-state index in [1.54, 1.807) is 12.1 Å². The van der Waals surface area contributed by atoms with Crippen LogP contribution in [0.15, 0.2) is 42.5 Å². The number of hydrogen-bond acceptors (Lipinski definition) is 3. The van der Waals surface area contributed by atoms with Gasteiger partial charge in [-0.1, -0.05) is 12.1 Å². The van der Waals surface area contributed by atoms with Crippen LogP contribution in [0.3, 0.4) is 0 Å². The maximum Gasteiger partial charge on any atom is 0.123 e. The van der Waals surface area contributed by atoms with Crippen molar-refractivity contribution in [2.24, 2.45) is 0 Å². The van der Waals surface area contributed by atoms with Crippen LogP contribution < -0.4 is 9.47 Å². The van der Waals surface area contributed by atoms with Gasteiger partial charge >= 0.3 is 0 Å². The van der Waals surface area contributed by atoms with Crippen molar-refractivity contribution in [3.63, 3.8) is 0 Å². The van der Waals surface area contributed by atoms with Crippen LogP contribution in [0.4, 0.5) is 4.39 Å². The Morgan fingerprint density at radius 3 is 2.65 bits per heavy atom. The number of aliphatic hydroxyl groups is 1. The summed E-state index contributed by atoms with van der Waals surface area (Å²) in [5.74, 6) is 1.26. The normalized spacial score (nSPS) is 16.7. The highest BCUT2D eigenvalue weighted by Gasteiger charge is 2.20. The Labute approximate surface area is 135 Å². The summed E-state index contributed by atoms with van der Waals surface area (Å²) >= 11 is 0. The molecule has 3 rings (SSSR count). The van der Waals surface area contributed by atoms with E-state index in [9.17, 15) is 9.50 Å². The SMILES string of the molecule is O[C@@H]1CCCc2c(OCCCOc3ccc(F)cc3)cccc21. The van der Waals surface area contributed by atoms with Gasteiger partial charge in [0.05, 0.1) is 19.3 Å². The van der Waals surface area contributed by atoms with Crippen LogP contribution >= 0.6 is 0 Å². The lowest BCUT2D eigenvalue weighted by Crippen LogP contribution is -2.12. The zero-order chi connectivity index (χ0) is 16.1. The van der Waals surface area contributed by atoms with E-state index in [0.717, 1.165) is 42.6 Å². The van der Waals surface area contributed by atoms with Gasteiger partial charge < -0.3 is 14.6 Å². The van der Waals surface area contributed by atoms with E-state index in [2.05, 4.69) is 0 Å². The summed E-state index contributed by atoms with van der Waals surface area (Å²) in [6.45, 7) is 1.07. The fraction of sp³-hybridized carbons (Fsp3) is 0.368. The first-order valence-corrected chi connectivity index (χ1v) is 8.05. The Kier molecular flexibility index (Phi) is 5.13. The number of aliphatic hydroxyl groups excluding tert-OH is 1. The van der Waals surface area contributed by atoms with Gasteiger partial charge in [0.15, 0.2) is 0 Å². The van der Waals surface area contributed by atoms with E-state index in [1.165, 1.54) is 12.1 Å². The molecule has 0 amide bonds. The van der Waals surface area contributed by atoms with Crippen molar-refractivity contribution in [2.75, 3.05) is 13.2 Å². The molecule has 1 aliphatic carbocycles. The molecule has 0 saturated heterocycles. The zero-order valence-corrected chi connectivity index (χ0v) is 13.0. The highest BCUT2D eigenvalue weighted by molar-refractivity contribution is 5.42. The molecule has 2 aromatic carbocycles. The second-order valence-electron chi connectivity index (χ2n) is 5.74. The number of hydrogen-bond donors (Lipinski definition) is 1. The highest BCUT2D eigenvalue weighted by atomic mass is 19.1. The lowest BCUT2D eigenvalue weighted by Gasteiger charge is -2.23. The Balaban J connectivity index is 1.48. The second kappa shape index (κ2) is 7.47. The molecule has 1 atom stereocenters. The van der Waals surface area contributed by atoms with Crippen LogP contribution in [0.25, 0.3) is 0 Å². The fourth-order valence-electron chi connectivity index (χ4n) is 2.89. The molecule has 0 aromatic heterocycles. The molecule has 1 aliphatic rings. The van der Waals surface area contributed by atoms with E-state index in [1.807, 2.05) is 18.2 Å². The quantitative estimate of drug-likeness (QED) is 0.817. The summed E-state index contributed by atoms with van der Waals surface area (Å²) in [6.07, 6.45) is 3.13. The molecule has 0 unspecified atom stereocenters. The van der Waals surface area contributed by atoms with Crippen LogP contribution in [0.2, 0.25) is 0 Å². The third-order valence-electron chi connectivity index (χ3n) is 4.06. The van der Waals surface area contributed by atoms with Crippen molar-refractivity contribution in [3.05, 3.63) is 59.4 Å².